The number of esters is 1. The van der Waals surface area contributed by atoms with Crippen molar-refractivity contribution in [3.8, 4) is 17.0 Å². The van der Waals surface area contributed by atoms with E-state index in [1.165, 1.54) is 11.5 Å². The molecule has 1 N–H and O–H groups in total. The minimum atomic E-state index is -0.655. The van der Waals surface area contributed by atoms with Crippen molar-refractivity contribution in [2.75, 3.05) is 6.61 Å². The Balaban J connectivity index is 2.25. The SMILES string of the molecule is CCOC(=O)c1nc(I)c2snc(-c3ccc(Cl)cc3)c2c1O. The molecule has 3 rings (SSSR count). The number of nitrogens with zero attached hydrogens (tertiary/aromatic N) is 2. The van der Waals surface area contributed by atoms with E-state index in [-0.39, 0.29) is 18.1 Å². The molecule has 23 heavy (non-hydrogen) atoms. The number of pyridine rings is 1. The van der Waals surface area contributed by atoms with Gasteiger partial charge in [-0.3, -0.25) is 0 Å². The number of hydrogen-bond acceptors (Lipinski definition) is 6. The summed E-state index contributed by atoms with van der Waals surface area (Å²) in [6.07, 6.45) is 0. The van der Waals surface area contributed by atoms with E-state index in [1.807, 2.05) is 34.7 Å². The van der Waals surface area contributed by atoms with Gasteiger partial charge in [0.2, 0.25) is 0 Å². The first-order valence-corrected chi connectivity index (χ1v) is 8.86. The zero-order chi connectivity index (χ0) is 16.6. The van der Waals surface area contributed by atoms with Gasteiger partial charge in [-0.2, -0.15) is 4.37 Å². The molecular weight excluding hydrogens is 451 g/mol. The average Bonchev–Trinajstić information content (AvgIpc) is 2.97. The molecule has 0 bridgehead atoms. The summed E-state index contributed by atoms with van der Waals surface area (Å²) in [5, 5.41) is 11.6. The summed E-state index contributed by atoms with van der Waals surface area (Å²) in [4.78, 5) is 16.1. The van der Waals surface area contributed by atoms with Crippen LogP contribution in [0.4, 0.5) is 0 Å². The number of rotatable bonds is 3. The van der Waals surface area contributed by atoms with E-state index in [4.69, 9.17) is 16.3 Å². The summed E-state index contributed by atoms with van der Waals surface area (Å²) in [6, 6.07) is 7.12. The molecule has 3 aromatic rings. The van der Waals surface area contributed by atoms with E-state index in [9.17, 15) is 9.90 Å². The molecule has 0 aliphatic carbocycles. The van der Waals surface area contributed by atoms with Gasteiger partial charge in [0.05, 0.1) is 22.4 Å². The molecule has 0 radical (unpaired) electrons. The molecule has 8 heteroatoms. The lowest BCUT2D eigenvalue weighted by molar-refractivity contribution is 0.0516. The highest BCUT2D eigenvalue weighted by Crippen LogP contribution is 2.40. The smallest absolute Gasteiger partial charge is 0.360 e. The second kappa shape index (κ2) is 6.58. The van der Waals surface area contributed by atoms with Crippen LogP contribution in [-0.2, 0) is 4.74 Å². The Morgan fingerprint density at radius 2 is 2.09 bits per heavy atom. The normalized spacial score (nSPS) is 10.9. The quantitative estimate of drug-likeness (QED) is 0.354. The third-order valence-electron chi connectivity index (χ3n) is 3.14. The summed E-state index contributed by atoms with van der Waals surface area (Å²) < 4.78 is 10.7. The number of fused-ring (bicyclic) bond motifs is 1. The zero-order valence-corrected chi connectivity index (χ0v) is 15.6. The fraction of sp³-hybridized carbons (Fsp3) is 0.133. The molecule has 0 spiro atoms. The molecule has 5 nitrogen and oxygen atoms in total. The van der Waals surface area contributed by atoms with Gasteiger partial charge in [0, 0.05) is 10.6 Å². The van der Waals surface area contributed by atoms with Gasteiger partial charge in [0.15, 0.2) is 11.4 Å². The number of halogens is 2. The molecule has 0 saturated heterocycles. The molecule has 118 valence electrons. The number of aromatic hydroxyl groups is 1. The minimum absolute atomic E-state index is 0.0980. The van der Waals surface area contributed by atoms with Crippen molar-refractivity contribution >= 4 is 61.8 Å². The minimum Gasteiger partial charge on any atom is -0.505 e. The van der Waals surface area contributed by atoms with Gasteiger partial charge in [-0.25, -0.2) is 9.78 Å². The highest BCUT2D eigenvalue weighted by molar-refractivity contribution is 14.1. The van der Waals surface area contributed by atoms with Crippen LogP contribution >= 0.6 is 45.7 Å². The van der Waals surface area contributed by atoms with Crippen LogP contribution in [0.2, 0.25) is 5.02 Å². The lowest BCUT2D eigenvalue weighted by atomic mass is 10.1. The Kier molecular flexibility index (Phi) is 4.69. The zero-order valence-electron chi connectivity index (χ0n) is 11.8. The predicted octanol–water partition coefficient (Wildman–Crippen LogP) is 4.50. The number of hydrogen-bond donors (Lipinski definition) is 1. The number of carbonyl (C=O) groups excluding carboxylic acids is 1. The molecule has 0 amide bonds. The third-order valence-corrected chi connectivity index (χ3v) is 5.39. The number of ether oxygens (including phenoxy) is 1. The standard InChI is InChI=1S/C15H10ClIN2O3S/c1-2-22-15(21)11-12(20)9-10(7-3-5-8(16)6-4-7)19-23-13(9)14(17)18-11/h3-6,20H,2H2,1H3. The summed E-state index contributed by atoms with van der Waals surface area (Å²) in [5.74, 6) is -0.865. The van der Waals surface area contributed by atoms with Crippen molar-refractivity contribution in [2.45, 2.75) is 6.92 Å². The van der Waals surface area contributed by atoms with Gasteiger partial charge in [0.1, 0.15) is 3.70 Å². The molecular formula is C15H10ClIN2O3S. The summed E-state index contributed by atoms with van der Waals surface area (Å²) >= 11 is 9.15. The molecule has 1 aromatic carbocycles. The average molecular weight is 461 g/mol. The largest absolute Gasteiger partial charge is 0.505 e. The first kappa shape index (κ1) is 16.4. The summed E-state index contributed by atoms with van der Waals surface area (Å²) in [5.41, 5.74) is 1.29. The first-order valence-electron chi connectivity index (χ1n) is 6.63. The van der Waals surface area contributed by atoms with Crippen LogP contribution in [0, 0.1) is 3.70 Å². The van der Waals surface area contributed by atoms with E-state index >= 15 is 0 Å². The molecule has 0 saturated carbocycles. The second-order valence-electron chi connectivity index (χ2n) is 4.56. The van der Waals surface area contributed by atoms with Crippen LogP contribution < -0.4 is 0 Å². The maximum absolute atomic E-state index is 12.0. The van der Waals surface area contributed by atoms with Gasteiger partial charge in [-0.05, 0) is 53.2 Å². The van der Waals surface area contributed by atoms with Crippen LogP contribution in [0.3, 0.4) is 0 Å². The second-order valence-corrected chi connectivity index (χ2v) is 6.79. The molecule has 0 aliphatic rings. The van der Waals surface area contributed by atoms with E-state index < -0.39 is 5.97 Å². The molecule has 2 aromatic heterocycles. The van der Waals surface area contributed by atoms with Gasteiger partial charge < -0.3 is 9.84 Å². The van der Waals surface area contributed by atoms with Gasteiger partial charge in [-0.15, -0.1) is 0 Å². The molecule has 0 unspecified atom stereocenters. The highest BCUT2D eigenvalue weighted by Gasteiger charge is 2.24. The molecule has 0 aliphatic heterocycles. The Bertz CT molecular complexity index is 896. The number of carbonyl (C=O) groups is 1. The van der Waals surface area contributed by atoms with Crippen LogP contribution in [0.5, 0.6) is 5.75 Å². The van der Waals surface area contributed by atoms with Crippen LogP contribution in [0.1, 0.15) is 17.4 Å². The highest BCUT2D eigenvalue weighted by atomic mass is 127. The fourth-order valence-electron chi connectivity index (χ4n) is 2.12. The Labute approximate surface area is 154 Å². The molecule has 0 fully saturated rings. The Hall–Kier alpha value is -1.45. The van der Waals surface area contributed by atoms with Gasteiger partial charge in [0.25, 0.3) is 0 Å². The first-order chi connectivity index (χ1) is 11.0. The lowest BCUT2D eigenvalue weighted by Gasteiger charge is -2.07. The monoisotopic (exact) mass is 460 g/mol. The van der Waals surface area contributed by atoms with E-state index in [2.05, 4.69) is 9.36 Å². The Morgan fingerprint density at radius 1 is 1.39 bits per heavy atom. The van der Waals surface area contributed by atoms with Crippen molar-refractivity contribution < 1.29 is 14.6 Å². The van der Waals surface area contributed by atoms with Crippen LogP contribution in [0.15, 0.2) is 24.3 Å². The van der Waals surface area contributed by atoms with Crippen LogP contribution in [-0.4, -0.2) is 27.0 Å². The van der Waals surface area contributed by atoms with E-state index in [0.29, 0.717) is 19.8 Å². The Morgan fingerprint density at radius 3 is 2.74 bits per heavy atom. The molecule has 2 heterocycles. The third kappa shape index (κ3) is 3.00. The fourth-order valence-corrected chi connectivity index (χ4v) is 3.83. The van der Waals surface area contributed by atoms with Gasteiger partial charge >= 0.3 is 5.97 Å². The number of benzene rings is 1. The molecule has 0 atom stereocenters. The van der Waals surface area contributed by atoms with Crippen molar-refractivity contribution in [2.24, 2.45) is 0 Å². The maximum Gasteiger partial charge on any atom is 0.360 e. The topological polar surface area (TPSA) is 72.3 Å². The van der Waals surface area contributed by atoms with Crippen molar-refractivity contribution in [1.82, 2.24) is 9.36 Å². The summed E-state index contributed by atoms with van der Waals surface area (Å²) in [6.45, 7) is 1.91. The van der Waals surface area contributed by atoms with Crippen LogP contribution in [0.25, 0.3) is 21.3 Å². The number of aromatic nitrogens is 2. The predicted molar refractivity (Wildman–Crippen MR) is 98.2 cm³/mol. The maximum atomic E-state index is 12.0. The summed E-state index contributed by atoms with van der Waals surface area (Å²) in [7, 11) is 0. The van der Waals surface area contributed by atoms with Crippen molar-refractivity contribution in [3.63, 3.8) is 0 Å². The van der Waals surface area contributed by atoms with E-state index in [0.717, 1.165) is 10.3 Å². The van der Waals surface area contributed by atoms with E-state index in [1.54, 1.807) is 19.1 Å². The van der Waals surface area contributed by atoms with Crippen molar-refractivity contribution in [3.05, 3.63) is 38.7 Å². The lowest BCUT2D eigenvalue weighted by Crippen LogP contribution is -2.08. The van der Waals surface area contributed by atoms with Gasteiger partial charge in [-0.1, -0.05) is 23.7 Å². The van der Waals surface area contributed by atoms with Crippen molar-refractivity contribution in [1.29, 1.82) is 0 Å².